The van der Waals surface area contributed by atoms with Crippen molar-refractivity contribution >= 4 is 11.9 Å². The van der Waals surface area contributed by atoms with Gasteiger partial charge in [0.1, 0.15) is 6.54 Å². The van der Waals surface area contributed by atoms with Gasteiger partial charge < -0.3 is 14.7 Å². The summed E-state index contributed by atoms with van der Waals surface area (Å²) in [5.74, 6) is 0.00665. The predicted molar refractivity (Wildman–Crippen MR) is 90.4 cm³/mol. The Labute approximate surface area is 143 Å². The Hall–Kier alpha value is -2.05. The molecule has 0 bridgehead atoms. The second-order valence-electron chi connectivity index (χ2n) is 6.99. The van der Waals surface area contributed by atoms with Crippen molar-refractivity contribution in [1.82, 2.24) is 24.5 Å². The zero-order chi connectivity index (χ0) is 17.4. The number of piperazine rings is 1. The fourth-order valence-electron chi connectivity index (χ4n) is 3.24. The van der Waals surface area contributed by atoms with E-state index in [1.54, 1.807) is 16.8 Å². The number of nitrogens with zero attached hydrogens (tertiary/aromatic N) is 5. The molecule has 1 unspecified atom stereocenters. The fraction of sp³-hybridized carbons (Fsp3) is 0.706. The average molecular weight is 333 g/mol. The van der Waals surface area contributed by atoms with Gasteiger partial charge in [-0.15, -0.1) is 0 Å². The molecule has 132 valence electrons. The average Bonchev–Trinajstić information content (AvgIpc) is 3.32. The molecule has 0 spiro atoms. The van der Waals surface area contributed by atoms with E-state index in [2.05, 4.69) is 12.0 Å². The minimum absolute atomic E-state index is 0.00665. The third-order valence-corrected chi connectivity index (χ3v) is 4.99. The molecule has 0 aromatic carbocycles. The number of hydrogen-bond acceptors (Lipinski definition) is 3. The standard InChI is InChI=1S/C17H27N5O2/c1-5-20-9-14(13(3)18-20)10-22(15-6-7-15)17(24)21-11-16(23)19(4)8-12(21)2/h9,12,15H,5-8,10-11H2,1-4H3. The van der Waals surface area contributed by atoms with Crippen LogP contribution in [0, 0.1) is 6.92 Å². The number of urea groups is 1. The molecule has 0 radical (unpaired) electrons. The summed E-state index contributed by atoms with van der Waals surface area (Å²) in [4.78, 5) is 30.5. The summed E-state index contributed by atoms with van der Waals surface area (Å²) in [5, 5.41) is 4.48. The summed E-state index contributed by atoms with van der Waals surface area (Å²) < 4.78 is 1.90. The van der Waals surface area contributed by atoms with Crippen LogP contribution in [0.2, 0.25) is 0 Å². The number of aromatic nitrogens is 2. The van der Waals surface area contributed by atoms with Gasteiger partial charge in [0.15, 0.2) is 0 Å². The van der Waals surface area contributed by atoms with Crippen molar-refractivity contribution in [3.63, 3.8) is 0 Å². The van der Waals surface area contributed by atoms with Gasteiger partial charge in [0.25, 0.3) is 0 Å². The van der Waals surface area contributed by atoms with Crippen molar-refractivity contribution in [2.45, 2.75) is 58.8 Å². The predicted octanol–water partition coefficient (Wildman–Crippen LogP) is 1.46. The number of amides is 3. The van der Waals surface area contributed by atoms with Crippen LogP contribution in [0.25, 0.3) is 0 Å². The van der Waals surface area contributed by atoms with E-state index in [0.29, 0.717) is 19.1 Å². The number of rotatable bonds is 4. The van der Waals surface area contributed by atoms with E-state index in [9.17, 15) is 9.59 Å². The Morgan fingerprint density at radius 3 is 2.71 bits per heavy atom. The molecule has 3 amide bonds. The van der Waals surface area contributed by atoms with Crippen LogP contribution in [-0.2, 0) is 17.9 Å². The van der Waals surface area contributed by atoms with Gasteiger partial charge in [-0.2, -0.15) is 5.10 Å². The lowest BCUT2D eigenvalue weighted by Gasteiger charge is -2.40. The van der Waals surface area contributed by atoms with Crippen molar-refractivity contribution in [3.05, 3.63) is 17.5 Å². The van der Waals surface area contributed by atoms with Crippen molar-refractivity contribution in [3.8, 4) is 0 Å². The Morgan fingerprint density at radius 1 is 1.42 bits per heavy atom. The smallest absolute Gasteiger partial charge is 0.321 e. The summed E-state index contributed by atoms with van der Waals surface area (Å²) in [5.41, 5.74) is 2.06. The molecule has 3 rings (SSSR count). The topological polar surface area (TPSA) is 61.7 Å². The van der Waals surface area contributed by atoms with Crippen molar-refractivity contribution < 1.29 is 9.59 Å². The second kappa shape index (κ2) is 6.45. The molecule has 24 heavy (non-hydrogen) atoms. The number of carbonyl (C=O) groups is 2. The molecule has 7 nitrogen and oxygen atoms in total. The zero-order valence-corrected chi connectivity index (χ0v) is 15.0. The highest BCUT2D eigenvalue weighted by Gasteiger charge is 2.39. The van der Waals surface area contributed by atoms with Crippen LogP contribution >= 0.6 is 0 Å². The number of aryl methyl sites for hydroxylation is 2. The molecule has 1 aromatic heterocycles. The third kappa shape index (κ3) is 3.25. The molecule has 7 heteroatoms. The Balaban J connectivity index is 1.76. The molecule has 2 aliphatic rings. The van der Waals surface area contributed by atoms with Crippen LogP contribution in [0.5, 0.6) is 0 Å². The van der Waals surface area contributed by atoms with E-state index in [4.69, 9.17) is 0 Å². The molecule has 1 atom stereocenters. The van der Waals surface area contributed by atoms with Gasteiger partial charge in [-0.25, -0.2) is 4.79 Å². The van der Waals surface area contributed by atoms with Crippen LogP contribution in [0.15, 0.2) is 6.20 Å². The quantitative estimate of drug-likeness (QED) is 0.838. The van der Waals surface area contributed by atoms with Gasteiger partial charge in [0, 0.05) is 44.0 Å². The van der Waals surface area contributed by atoms with Crippen LogP contribution in [-0.4, -0.2) is 68.6 Å². The van der Waals surface area contributed by atoms with E-state index >= 15 is 0 Å². The van der Waals surface area contributed by atoms with Gasteiger partial charge in [0.2, 0.25) is 5.91 Å². The third-order valence-electron chi connectivity index (χ3n) is 4.99. The fourth-order valence-corrected chi connectivity index (χ4v) is 3.24. The van der Waals surface area contributed by atoms with Crippen molar-refractivity contribution in [2.24, 2.45) is 0 Å². The second-order valence-corrected chi connectivity index (χ2v) is 6.99. The highest BCUT2D eigenvalue weighted by Crippen LogP contribution is 2.30. The summed E-state index contributed by atoms with van der Waals surface area (Å²) >= 11 is 0. The lowest BCUT2D eigenvalue weighted by molar-refractivity contribution is -0.135. The molecule has 1 aliphatic carbocycles. The summed E-state index contributed by atoms with van der Waals surface area (Å²) in [7, 11) is 1.79. The first-order valence-corrected chi connectivity index (χ1v) is 8.74. The maximum Gasteiger partial charge on any atom is 0.321 e. The number of carbonyl (C=O) groups excluding carboxylic acids is 2. The minimum Gasteiger partial charge on any atom is -0.342 e. The largest absolute Gasteiger partial charge is 0.342 e. The van der Waals surface area contributed by atoms with E-state index in [-0.39, 0.29) is 24.5 Å². The molecule has 0 N–H and O–H groups in total. The van der Waals surface area contributed by atoms with Gasteiger partial charge >= 0.3 is 6.03 Å². The molecular formula is C17H27N5O2. The summed E-state index contributed by atoms with van der Waals surface area (Å²) in [6.45, 7) is 8.20. The van der Waals surface area contributed by atoms with Crippen molar-refractivity contribution in [2.75, 3.05) is 20.1 Å². The first kappa shape index (κ1) is 16.8. The zero-order valence-electron chi connectivity index (χ0n) is 15.0. The molecule has 1 aromatic rings. The maximum atomic E-state index is 13.1. The molecule has 1 saturated heterocycles. The summed E-state index contributed by atoms with van der Waals surface area (Å²) in [6, 6.07) is 0.319. The molecule has 2 heterocycles. The van der Waals surface area contributed by atoms with E-state index in [1.807, 2.05) is 29.6 Å². The highest BCUT2D eigenvalue weighted by atomic mass is 16.2. The first-order chi connectivity index (χ1) is 11.4. The molecule has 2 fully saturated rings. The minimum atomic E-state index is -0.0184. The molecular weight excluding hydrogens is 306 g/mol. The van der Waals surface area contributed by atoms with E-state index in [1.165, 1.54) is 0 Å². The normalized spacial score (nSPS) is 21.3. The molecule has 1 saturated carbocycles. The van der Waals surface area contributed by atoms with Crippen LogP contribution in [0.4, 0.5) is 4.79 Å². The Morgan fingerprint density at radius 2 is 2.12 bits per heavy atom. The number of hydrogen-bond donors (Lipinski definition) is 0. The first-order valence-electron chi connectivity index (χ1n) is 8.74. The molecule has 1 aliphatic heterocycles. The highest BCUT2D eigenvalue weighted by molar-refractivity contribution is 5.85. The lowest BCUT2D eigenvalue weighted by atomic mass is 10.2. The lowest BCUT2D eigenvalue weighted by Crippen LogP contribution is -2.58. The summed E-state index contributed by atoms with van der Waals surface area (Å²) in [6.07, 6.45) is 4.11. The van der Waals surface area contributed by atoms with Crippen LogP contribution < -0.4 is 0 Å². The van der Waals surface area contributed by atoms with Gasteiger partial charge in [-0.1, -0.05) is 0 Å². The van der Waals surface area contributed by atoms with Gasteiger partial charge in [0.05, 0.1) is 12.2 Å². The Kier molecular flexibility index (Phi) is 4.51. The van der Waals surface area contributed by atoms with E-state index in [0.717, 1.165) is 30.6 Å². The van der Waals surface area contributed by atoms with Gasteiger partial charge in [-0.05, 0) is 33.6 Å². The SMILES string of the molecule is CCn1cc(CN(C(=O)N2CC(=O)N(C)CC2C)C2CC2)c(C)n1. The monoisotopic (exact) mass is 333 g/mol. The van der Waals surface area contributed by atoms with Crippen molar-refractivity contribution in [1.29, 1.82) is 0 Å². The Bertz CT molecular complexity index is 637. The van der Waals surface area contributed by atoms with Crippen LogP contribution in [0.3, 0.4) is 0 Å². The van der Waals surface area contributed by atoms with Crippen LogP contribution in [0.1, 0.15) is 37.9 Å². The number of likely N-dealkylation sites (N-methyl/N-ethyl adjacent to an activating group) is 1. The van der Waals surface area contributed by atoms with Gasteiger partial charge in [-0.3, -0.25) is 9.48 Å². The van der Waals surface area contributed by atoms with E-state index < -0.39 is 0 Å². The maximum absolute atomic E-state index is 13.1.